The van der Waals surface area contributed by atoms with Crippen LogP contribution in [0.3, 0.4) is 0 Å². The average molecular weight is 235 g/mol. The van der Waals surface area contributed by atoms with Gasteiger partial charge >= 0.3 is 0 Å². The predicted octanol–water partition coefficient (Wildman–Crippen LogP) is 3.91. The van der Waals surface area contributed by atoms with Crippen molar-refractivity contribution in [2.24, 2.45) is 11.7 Å². The molecule has 2 nitrogen and oxygen atoms in total. The fraction of sp³-hybridized carbons (Fsp3) is 0.600. The first kappa shape index (κ1) is 14.0. The summed E-state index contributed by atoms with van der Waals surface area (Å²) in [4.78, 5) is 0. The normalized spacial score (nSPS) is 14.7. The van der Waals surface area contributed by atoms with Crippen molar-refractivity contribution >= 4 is 0 Å². The van der Waals surface area contributed by atoms with Crippen LogP contribution < -0.4 is 10.5 Å². The molecule has 2 N–H and O–H groups in total. The maximum Gasteiger partial charge on any atom is 0.124 e. The third-order valence-electron chi connectivity index (χ3n) is 2.89. The van der Waals surface area contributed by atoms with Crippen LogP contribution in [-0.2, 0) is 0 Å². The number of nitrogens with two attached hydrogens (primary N) is 1. The number of hydrogen-bond donors (Lipinski definition) is 1. The summed E-state index contributed by atoms with van der Waals surface area (Å²) in [7, 11) is 0. The van der Waals surface area contributed by atoms with E-state index in [9.17, 15) is 0 Å². The largest absolute Gasteiger partial charge is 0.490 e. The van der Waals surface area contributed by atoms with Crippen molar-refractivity contribution < 1.29 is 4.74 Å². The number of para-hydroxylation sites is 1. The van der Waals surface area contributed by atoms with Gasteiger partial charge in [-0.1, -0.05) is 39.0 Å². The molecule has 0 amide bonds. The summed E-state index contributed by atoms with van der Waals surface area (Å²) in [6, 6.07) is 8.17. The van der Waals surface area contributed by atoms with E-state index in [0.717, 1.165) is 24.2 Å². The zero-order valence-electron chi connectivity index (χ0n) is 11.4. The molecule has 0 heterocycles. The molecule has 0 aliphatic carbocycles. The van der Waals surface area contributed by atoms with E-state index in [0.29, 0.717) is 5.92 Å². The van der Waals surface area contributed by atoms with Crippen LogP contribution in [0.1, 0.15) is 52.1 Å². The van der Waals surface area contributed by atoms with Gasteiger partial charge in [-0.25, -0.2) is 0 Å². The topological polar surface area (TPSA) is 35.2 Å². The molecule has 0 saturated carbocycles. The lowest BCUT2D eigenvalue weighted by Gasteiger charge is -2.21. The Morgan fingerprint density at radius 2 is 1.82 bits per heavy atom. The van der Waals surface area contributed by atoms with Crippen LogP contribution >= 0.6 is 0 Å². The molecule has 0 fully saturated rings. The minimum absolute atomic E-state index is 0.0671. The Hall–Kier alpha value is -1.02. The third-order valence-corrected chi connectivity index (χ3v) is 2.89. The molecule has 0 saturated heterocycles. The maximum atomic E-state index is 6.09. The van der Waals surface area contributed by atoms with E-state index in [1.807, 2.05) is 18.2 Å². The minimum Gasteiger partial charge on any atom is -0.490 e. The Morgan fingerprint density at radius 1 is 1.18 bits per heavy atom. The lowest BCUT2D eigenvalue weighted by molar-refractivity contribution is 0.190. The lowest BCUT2D eigenvalue weighted by Crippen LogP contribution is -2.17. The van der Waals surface area contributed by atoms with E-state index < -0.39 is 0 Å². The smallest absolute Gasteiger partial charge is 0.124 e. The number of rotatable bonds is 6. The van der Waals surface area contributed by atoms with Crippen molar-refractivity contribution in [3.8, 4) is 5.75 Å². The number of benzene rings is 1. The summed E-state index contributed by atoms with van der Waals surface area (Å²) in [6.07, 6.45) is 2.23. The summed E-state index contributed by atoms with van der Waals surface area (Å²) in [5, 5.41) is 0. The van der Waals surface area contributed by atoms with Crippen LogP contribution in [0.15, 0.2) is 24.3 Å². The molecule has 2 atom stereocenters. The Morgan fingerprint density at radius 3 is 2.41 bits per heavy atom. The molecule has 0 spiro atoms. The molecule has 2 heteroatoms. The highest BCUT2D eigenvalue weighted by Crippen LogP contribution is 2.27. The van der Waals surface area contributed by atoms with Gasteiger partial charge in [0.05, 0.1) is 6.10 Å². The standard InChI is InChI=1S/C15H25NO/c1-5-14(16)13-8-6-7-9-15(13)17-12(4)10-11(2)3/h6-9,11-12,14H,5,10,16H2,1-4H3/t12?,14-/m0/s1. The van der Waals surface area contributed by atoms with Gasteiger partial charge in [0.25, 0.3) is 0 Å². The zero-order valence-corrected chi connectivity index (χ0v) is 11.4. The van der Waals surface area contributed by atoms with Gasteiger partial charge in [0.2, 0.25) is 0 Å². The fourth-order valence-electron chi connectivity index (χ4n) is 2.04. The van der Waals surface area contributed by atoms with Crippen LogP contribution in [0, 0.1) is 5.92 Å². The van der Waals surface area contributed by atoms with E-state index in [1.54, 1.807) is 0 Å². The van der Waals surface area contributed by atoms with E-state index in [4.69, 9.17) is 10.5 Å². The van der Waals surface area contributed by atoms with Crippen LogP contribution in [-0.4, -0.2) is 6.10 Å². The van der Waals surface area contributed by atoms with Crippen LogP contribution in [0.25, 0.3) is 0 Å². The van der Waals surface area contributed by atoms with Crippen molar-refractivity contribution in [3.05, 3.63) is 29.8 Å². The van der Waals surface area contributed by atoms with Gasteiger partial charge in [-0.15, -0.1) is 0 Å². The quantitative estimate of drug-likeness (QED) is 0.811. The van der Waals surface area contributed by atoms with Gasteiger partial charge in [0, 0.05) is 11.6 Å². The van der Waals surface area contributed by atoms with Crippen molar-refractivity contribution in [1.82, 2.24) is 0 Å². The molecule has 0 radical (unpaired) electrons. The van der Waals surface area contributed by atoms with Crippen LogP contribution in [0.5, 0.6) is 5.75 Å². The molecule has 17 heavy (non-hydrogen) atoms. The van der Waals surface area contributed by atoms with E-state index in [-0.39, 0.29) is 12.1 Å². The first-order chi connectivity index (χ1) is 8.04. The number of hydrogen-bond acceptors (Lipinski definition) is 2. The minimum atomic E-state index is 0.0671. The van der Waals surface area contributed by atoms with Crippen molar-refractivity contribution in [3.63, 3.8) is 0 Å². The number of ether oxygens (including phenoxy) is 1. The average Bonchev–Trinajstić information content (AvgIpc) is 2.27. The Kier molecular flexibility index (Phi) is 5.49. The molecule has 0 aliphatic rings. The molecule has 0 bridgehead atoms. The highest BCUT2D eigenvalue weighted by atomic mass is 16.5. The van der Waals surface area contributed by atoms with Gasteiger partial charge in [0.15, 0.2) is 0 Å². The van der Waals surface area contributed by atoms with E-state index in [1.165, 1.54) is 0 Å². The Labute approximate surface area is 105 Å². The Bertz CT molecular complexity index is 335. The second-order valence-electron chi connectivity index (χ2n) is 5.11. The first-order valence-electron chi connectivity index (χ1n) is 6.55. The van der Waals surface area contributed by atoms with Gasteiger partial charge in [0.1, 0.15) is 5.75 Å². The van der Waals surface area contributed by atoms with Gasteiger partial charge < -0.3 is 10.5 Å². The highest BCUT2D eigenvalue weighted by molar-refractivity contribution is 5.35. The van der Waals surface area contributed by atoms with Crippen LogP contribution in [0.2, 0.25) is 0 Å². The zero-order chi connectivity index (χ0) is 12.8. The van der Waals surface area contributed by atoms with E-state index in [2.05, 4.69) is 33.8 Å². The molecule has 1 rings (SSSR count). The van der Waals surface area contributed by atoms with Gasteiger partial charge in [-0.2, -0.15) is 0 Å². The highest BCUT2D eigenvalue weighted by Gasteiger charge is 2.13. The predicted molar refractivity (Wildman–Crippen MR) is 73.2 cm³/mol. The third kappa shape index (κ3) is 4.39. The maximum absolute atomic E-state index is 6.09. The SMILES string of the molecule is CC[C@H](N)c1ccccc1OC(C)CC(C)C. The van der Waals surface area contributed by atoms with Crippen LogP contribution in [0.4, 0.5) is 0 Å². The van der Waals surface area contributed by atoms with Crippen molar-refractivity contribution in [2.45, 2.75) is 52.7 Å². The summed E-state index contributed by atoms with van der Waals surface area (Å²) < 4.78 is 6.00. The van der Waals surface area contributed by atoms with E-state index >= 15 is 0 Å². The molecular formula is C15H25NO. The molecule has 1 aromatic carbocycles. The Balaban J connectivity index is 2.76. The molecule has 0 aliphatic heterocycles. The summed E-state index contributed by atoms with van der Waals surface area (Å²) in [5.74, 6) is 1.59. The summed E-state index contributed by atoms with van der Waals surface area (Å²) in [6.45, 7) is 8.64. The van der Waals surface area contributed by atoms with Gasteiger partial charge in [-0.3, -0.25) is 0 Å². The molecule has 1 aromatic rings. The monoisotopic (exact) mass is 235 g/mol. The summed E-state index contributed by atoms with van der Waals surface area (Å²) >= 11 is 0. The molecular weight excluding hydrogens is 210 g/mol. The van der Waals surface area contributed by atoms with Crippen molar-refractivity contribution in [1.29, 1.82) is 0 Å². The lowest BCUT2D eigenvalue weighted by atomic mass is 10.0. The molecule has 0 aromatic heterocycles. The first-order valence-corrected chi connectivity index (χ1v) is 6.55. The second kappa shape index (κ2) is 6.65. The summed E-state index contributed by atoms with van der Waals surface area (Å²) in [5.41, 5.74) is 7.21. The molecule has 96 valence electrons. The second-order valence-corrected chi connectivity index (χ2v) is 5.11. The molecule has 1 unspecified atom stereocenters. The fourth-order valence-corrected chi connectivity index (χ4v) is 2.04. The van der Waals surface area contributed by atoms with Crippen molar-refractivity contribution in [2.75, 3.05) is 0 Å². The van der Waals surface area contributed by atoms with Gasteiger partial charge in [-0.05, 0) is 31.7 Å².